The van der Waals surface area contributed by atoms with E-state index in [0.29, 0.717) is 35.4 Å². The molecule has 1 aliphatic rings. The minimum Gasteiger partial charge on any atom is -0.494 e. The van der Waals surface area contributed by atoms with Crippen molar-refractivity contribution in [2.45, 2.75) is 13.0 Å². The van der Waals surface area contributed by atoms with E-state index in [0.717, 1.165) is 31.5 Å². The molecular formula is C25H28FN7O2. The Kier molecular flexibility index (Phi) is 6.47. The molecule has 9 nitrogen and oxygen atoms in total. The van der Waals surface area contributed by atoms with Crippen LogP contribution in [0.1, 0.15) is 6.92 Å². The molecule has 0 aliphatic carbocycles. The normalized spacial score (nSPS) is 16.6. The van der Waals surface area contributed by atoms with Crippen LogP contribution >= 0.6 is 0 Å². The molecule has 0 saturated carbocycles. The number of benzene rings is 1. The van der Waals surface area contributed by atoms with Gasteiger partial charge in [-0.2, -0.15) is 0 Å². The van der Waals surface area contributed by atoms with Gasteiger partial charge in [-0.15, -0.1) is 0 Å². The molecule has 10 heteroatoms. The van der Waals surface area contributed by atoms with Crippen LogP contribution in [0, 0.1) is 5.82 Å². The number of piperazine rings is 1. The summed E-state index contributed by atoms with van der Waals surface area (Å²) in [6.45, 7) is 5.64. The van der Waals surface area contributed by atoms with E-state index in [-0.39, 0.29) is 18.2 Å². The lowest BCUT2D eigenvalue weighted by Gasteiger charge is -2.40. The first kappa shape index (κ1) is 23.0. The van der Waals surface area contributed by atoms with Gasteiger partial charge in [0, 0.05) is 50.2 Å². The van der Waals surface area contributed by atoms with Gasteiger partial charge in [0.15, 0.2) is 5.82 Å². The van der Waals surface area contributed by atoms with E-state index >= 15 is 0 Å². The molecule has 1 atom stereocenters. The molecule has 4 heterocycles. The lowest BCUT2D eigenvalue weighted by molar-refractivity contribution is 0.146. The summed E-state index contributed by atoms with van der Waals surface area (Å²) >= 11 is 0. The summed E-state index contributed by atoms with van der Waals surface area (Å²) in [5.41, 5.74) is 3.14. The summed E-state index contributed by atoms with van der Waals surface area (Å²) in [6.07, 6.45) is 4.57. The highest BCUT2D eigenvalue weighted by Gasteiger charge is 2.24. The van der Waals surface area contributed by atoms with E-state index in [4.69, 9.17) is 4.74 Å². The van der Waals surface area contributed by atoms with Crippen LogP contribution in [-0.2, 0) is 0 Å². The van der Waals surface area contributed by atoms with Crippen LogP contribution in [0.4, 0.5) is 21.7 Å². The summed E-state index contributed by atoms with van der Waals surface area (Å²) in [5, 5.41) is 12.4. The van der Waals surface area contributed by atoms with E-state index in [9.17, 15) is 9.50 Å². The minimum atomic E-state index is -0.530. The first-order valence-corrected chi connectivity index (χ1v) is 11.6. The average molecular weight is 478 g/mol. The van der Waals surface area contributed by atoms with Crippen molar-refractivity contribution >= 4 is 23.0 Å². The molecule has 1 fully saturated rings. The van der Waals surface area contributed by atoms with Crippen LogP contribution < -0.4 is 15.0 Å². The van der Waals surface area contributed by atoms with Gasteiger partial charge >= 0.3 is 0 Å². The molecule has 1 unspecified atom stereocenters. The molecule has 0 amide bonds. The Hall–Kier alpha value is -3.76. The van der Waals surface area contributed by atoms with Gasteiger partial charge in [-0.1, -0.05) is 6.07 Å². The molecule has 1 aromatic carbocycles. The highest BCUT2D eigenvalue weighted by atomic mass is 19.1. The van der Waals surface area contributed by atoms with E-state index in [1.54, 1.807) is 17.7 Å². The van der Waals surface area contributed by atoms with Crippen molar-refractivity contribution in [3.8, 4) is 17.1 Å². The summed E-state index contributed by atoms with van der Waals surface area (Å²) in [4.78, 5) is 17.5. The fraction of sp³-hybridized carbons (Fsp3) is 0.320. The largest absolute Gasteiger partial charge is 0.494 e. The van der Waals surface area contributed by atoms with E-state index in [1.165, 1.54) is 0 Å². The third-order valence-corrected chi connectivity index (χ3v) is 6.35. The lowest BCUT2D eigenvalue weighted by Crippen LogP contribution is -2.52. The average Bonchev–Trinajstić information content (AvgIpc) is 3.31. The molecule has 2 N–H and O–H groups in total. The van der Waals surface area contributed by atoms with E-state index in [2.05, 4.69) is 37.0 Å². The predicted octanol–water partition coefficient (Wildman–Crippen LogP) is 3.19. The molecule has 0 radical (unpaired) electrons. The van der Waals surface area contributed by atoms with Crippen LogP contribution in [0.15, 0.2) is 55.0 Å². The maximum atomic E-state index is 14.7. The molecule has 4 aromatic rings. The number of ether oxygens (including phenoxy) is 1. The number of β-amino-alcohol motifs (C(OH)–C–C–N with tert-alkyl or cyclic N) is 1. The van der Waals surface area contributed by atoms with Crippen molar-refractivity contribution < 1.29 is 14.2 Å². The zero-order valence-corrected chi connectivity index (χ0v) is 19.7. The number of aromatic nitrogens is 4. The summed E-state index contributed by atoms with van der Waals surface area (Å²) < 4.78 is 22.1. The smallest absolute Gasteiger partial charge is 0.228 e. The molecule has 1 saturated heterocycles. The summed E-state index contributed by atoms with van der Waals surface area (Å²) in [6, 6.07) is 11.8. The Morgan fingerprint density at radius 3 is 2.86 bits per heavy atom. The van der Waals surface area contributed by atoms with Crippen molar-refractivity contribution in [3.63, 3.8) is 0 Å². The molecule has 5 rings (SSSR count). The zero-order chi connectivity index (χ0) is 24.4. The maximum Gasteiger partial charge on any atom is 0.228 e. The number of hydrogen-bond donors (Lipinski definition) is 2. The van der Waals surface area contributed by atoms with Crippen LogP contribution in [0.2, 0.25) is 0 Å². The Morgan fingerprint density at radius 2 is 2.06 bits per heavy atom. The van der Waals surface area contributed by atoms with E-state index < -0.39 is 5.82 Å². The van der Waals surface area contributed by atoms with Crippen molar-refractivity contribution in [1.29, 1.82) is 0 Å². The lowest BCUT2D eigenvalue weighted by atomic mass is 10.1. The molecule has 3 aromatic heterocycles. The molecule has 0 bridgehead atoms. The second-order valence-electron chi connectivity index (χ2n) is 8.53. The Morgan fingerprint density at radius 1 is 1.17 bits per heavy atom. The van der Waals surface area contributed by atoms with Crippen LogP contribution in [0.3, 0.4) is 0 Å². The Labute approximate surface area is 202 Å². The summed E-state index contributed by atoms with van der Waals surface area (Å²) in [7, 11) is 1.61. The minimum absolute atomic E-state index is 0.159. The van der Waals surface area contributed by atoms with Gasteiger partial charge in [0.2, 0.25) is 5.95 Å². The molecule has 35 heavy (non-hydrogen) atoms. The van der Waals surface area contributed by atoms with Gasteiger partial charge in [0.25, 0.3) is 0 Å². The van der Waals surface area contributed by atoms with Gasteiger partial charge in [-0.25, -0.2) is 19.3 Å². The van der Waals surface area contributed by atoms with Crippen LogP contribution in [0.25, 0.3) is 17.0 Å². The number of halogens is 1. The Bertz CT molecular complexity index is 1330. The van der Waals surface area contributed by atoms with Crippen molar-refractivity contribution in [3.05, 3.63) is 60.8 Å². The molecule has 0 spiro atoms. The quantitative estimate of drug-likeness (QED) is 0.420. The van der Waals surface area contributed by atoms with E-state index in [1.807, 2.05) is 42.6 Å². The van der Waals surface area contributed by atoms with Gasteiger partial charge in [0.05, 0.1) is 37.5 Å². The van der Waals surface area contributed by atoms with Crippen LogP contribution in [0.5, 0.6) is 5.75 Å². The third-order valence-electron chi connectivity index (χ3n) is 6.35. The van der Waals surface area contributed by atoms with Gasteiger partial charge in [-0.3, -0.25) is 9.30 Å². The van der Waals surface area contributed by atoms with Gasteiger partial charge in [-0.05, 0) is 31.2 Å². The SMILES string of the molecule is COc1cc(N2CCN(CCO)C(C)C2)ccc1Nc1ncc(F)c(-c2cnc3ccccn23)n1. The van der Waals surface area contributed by atoms with Crippen LogP contribution in [-0.4, -0.2) is 75.3 Å². The molecule has 182 valence electrons. The number of methoxy groups -OCH3 is 1. The number of pyridine rings is 1. The first-order chi connectivity index (χ1) is 17.1. The predicted molar refractivity (Wildman–Crippen MR) is 133 cm³/mol. The number of nitrogens with one attached hydrogen (secondary N) is 1. The zero-order valence-electron chi connectivity index (χ0n) is 19.7. The number of rotatable bonds is 7. The molecule has 1 aliphatic heterocycles. The highest BCUT2D eigenvalue weighted by molar-refractivity contribution is 5.69. The fourth-order valence-electron chi connectivity index (χ4n) is 4.51. The number of imidazole rings is 1. The topological polar surface area (TPSA) is 91.0 Å². The monoisotopic (exact) mass is 477 g/mol. The molecular weight excluding hydrogens is 449 g/mol. The number of nitrogens with zero attached hydrogens (tertiary/aromatic N) is 6. The van der Waals surface area contributed by atoms with Crippen molar-refractivity contribution in [2.75, 3.05) is 50.1 Å². The summed E-state index contributed by atoms with van der Waals surface area (Å²) in [5.74, 6) is 0.361. The second kappa shape index (κ2) is 9.85. The highest BCUT2D eigenvalue weighted by Crippen LogP contribution is 2.33. The van der Waals surface area contributed by atoms with Crippen molar-refractivity contribution in [1.82, 2.24) is 24.3 Å². The number of aliphatic hydroxyl groups excluding tert-OH is 1. The fourth-order valence-corrected chi connectivity index (χ4v) is 4.51. The van der Waals surface area contributed by atoms with Crippen molar-refractivity contribution in [2.24, 2.45) is 0 Å². The standard InChI is InChI=1S/C25H28FN7O2/c1-17-16-32(10-9-31(17)11-12-34)18-6-7-20(22(13-18)35-2)29-25-28-14-19(26)24(30-25)21-15-27-23-5-3-4-8-33(21)23/h3-8,13-15,17,34H,9-12,16H2,1-2H3,(H,28,29,30). The third kappa shape index (κ3) is 4.62. The van der Waals surface area contributed by atoms with Gasteiger partial charge < -0.3 is 20.1 Å². The second-order valence-corrected chi connectivity index (χ2v) is 8.53. The number of aliphatic hydroxyl groups is 1. The Balaban J connectivity index is 1.38. The van der Waals surface area contributed by atoms with Gasteiger partial charge in [0.1, 0.15) is 17.1 Å². The maximum absolute atomic E-state index is 14.7. The number of hydrogen-bond acceptors (Lipinski definition) is 8. The first-order valence-electron chi connectivity index (χ1n) is 11.6. The number of anilines is 3. The number of fused-ring (bicyclic) bond motifs is 1.